The van der Waals surface area contributed by atoms with E-state index >= 15 is 0 Å². The summed E-state index contributed by atoms with van der Waals surface area (Å²) < 4.78 is 20.5. The Morgan fingerprint density at radius 3 is 2.35 bits per heavy atom. The van der Waals surface area contributed by atoms with Gasteiger partial charge in [0.25, 0.3) is 0 Å². The maximum absolute atomic E-state index is 11.9. The van der Waals surface area contributed by atoms with Gasteiger partial charge in [-0.25, -0.2) is 4.79 Å². The van der Waals surface area contributed by atoms with E-state index < -0.39 is 12.0 Å². The Hall–Kier alpha value is -2.70. The largest absolute Gasteiger partial charge is 0.493 e. The Balaban J connectivity index is 2.12. The lowest BCUT2D eigenvalue weighted by Gasteiger charge is -2.12. The summed E-state index contributed by atoms with van der Waals surface area (Å²) in [5.74, 6) is 0.685. The van der Waals surface area contributed by atoms with Crippen molar-refractivity contribution in [2.45, 2.75) is 12.5 Å². The SMILES string of the molecule is COc1cc(/C=C/C(=O)N[C@H]2CCOC2=O)cc(OC)c1OC. The number of hydrogen-bond donors (Lipinski definition) is 1. The number of carbonyl (C=O) groups is 2. The Labute approximate surface area is 134 Å². The van der Waals surface area contributed by atoms with Gasteiger partial charge in [-0.1, -0.05) is 0 Å². The van der Waals surface area contributed by atoms with Crippen molar-refractivity contribution in [1.82, 2.24) is 5.32 Å². The normalized spacial score (nSPS) is 17.0. The van der Waals surface area contributed by atoms with Crippen molar-refractivity contribution in [2.24, 2.45) is 0 Å². The second-order valence-corrected chi connectivity index (χ2v) is 4.81. The zero-order chi connectivity index (χ0) is 16.8. The Kier molecular flexibility index (Phi) is 5.46. The third-order valence-electron chi connectivity index (χ3n) is 3.37. The summed E-state index contributed by atoms with van der Waals surface area (Å²) in [4.78, 5) is 23.2. The van der Waals surface area contributed by atoms with E-state index in [-0.39, 0.29) is 5.91 Å². The highest BCUT2D eigenvalue weighted by Crippen LogP contribution is 2.38. The van der Waals surface area contributed by atoms with Gasteiger partial charge in [0.2, 0.25) is 11.7 Å². The van der Waals surface area contributed by atoms with Crippen LogP contribution in [-0.2, 0) is 14.3 Å². The molecule has 1 aliphatic heterocycles. The van der Waals surface area contributed by atoms with Crippen molar-refractivity contribution in [1.29, 1.82) is 0 Å². The van der Waals surface area contributed by atoms with Crippen LogP contribution in [0.15, 0.2) is 18.2 Å². The summed E-state index contributed by atoms with van der Waals surface area (Å²) >= 11 is 0. The molecule has 0 radical (unpaired) electrons. The van der Waals surface area contributed by atoms with Gasteiger partial charge in [0.1, 0.15) is 6.04 Å². The van der Waals surface area contributed by atoms with E-state index in [4.69, 9.17) is 18.9 Å². The van der Waals surface area contributed by atoms with Crippen LogP contribution in [0.1, 0.15) is 12.0 Å². The summed E-state index contributed by atoms with van der Waals surface area (Å²) in [5.41, 5.74) is 0.698. The number of esters is 1. The lowest BCUT2D eigenvalue weighted by atomic mass is 10.1. The van der Waals surface area contributed by atoms with Gasteiger partial charge in [0, 0.05) is 12.5 Å². The molecule has 1 aromatic carbocycles. The van der Waals surface area contributed by atoms with Gasteiger partial charge in [-0.3, -0.25) is 4.79 Å². The first-order valence-electron chi connectivity index (χ1n) is 7.04. The van der Waals surface area contributed by atoms with Crippen LogP contribution < -0.4 is 19.5 Å². The molecular formula is C16H19NO6. The number of hydrogen-bond acceptors (Lipinski definition) is 6. The number of carbonyl (C=O) groups excluding carboxylic acids is 2. The molecule has 0 aromatic heterocycles. The molecule has 1 amide bonds. The first-order chi connectivity index (χ1) is 11.1. The van der Waals surface area contributed by atoms with Gasteiger partial charge in [-0.2, -0.15) is 0 Å². The maximum Gasteiger partial charge on any atom is 0.328 e. The van der Waals surface area contributed by atoms with Crippen molar-refractivity contribution < 1.29 is 28.5 Å². The summed E-state index contributed by atoms with van der Waals surface area (Å²) in [6.45, 7) is 0.334. The minimum Gasteiger partial charge on any atom is -0.493 e. The van der Waals surface area contributed by atoms with Crippen molar-refractivity contribution in [3.8, 4) is 17.2 Å². The number of rotatable bonds is 6. The lowest BCUT2D eigenvalue weighted by Crippen LogP contribution is -2.36. The molecule has 1 atom stereocenters. The fourth-order valence-corrected chi connectivity index (χ4v) is 2.22. The average molecular weight is 321 g/mol. The van der Waals surface area contributed by atoms with Gasteiger partial charge in [0.05, 0.1) is 27.9 Å². The monoisotopic (exact) mass is 321 g/mol. The molecular weight excluding hydrogens is 302 g/mol. The van der Waals surface area contributed by atoms with Crippen LogP contribution in [0.3, 0.4) is 0 Å². The molecule has 1 aliphatic rings. The molecule has 0 aliphatic carbocycles. The quantitative estimate of drug-likeness (QED) is 0.625. The number of nitrogens with one attached hydrogen (secondary N) is 1. The van der Waals surface area contributed by atoms with E-state index in [0.29, 0.717) is 35.8 Å². The van der Waals surface area contributed by atoms with E-state index in [1.54, 1.807) is 18.2 Å². The van der Waals surface area contributed by atoms with Gasteiger partial charge in [-0.15, -0.1) is 0 Å². The summed E-state index contributed by atoms with van der Waals surface area (Å²) in [5, 5.41) is 2.59. The maximum atomic E-state index is 11.9. The van der Waals surface area contributed by atoms with E-state index in [1.807, 2.05) is 0 Å². The highest BCUT2D eigenvalue weighted by atomic mass is 16.5. The van der Waals surface area contributed by atoms with E-state index in [1.165, 1.54) is 27.4 Å². The average Bonchev–Trinajstić information content (AvgIpc) is 2.96. The molecule has 1 saturated heterocycles. The standard InChI is InChI=1S/C16H19NO6/c1-20-12-8-10(9-13(21-2)15(12)22-3)4-5-14(18)17-11-6-7-23-16(11)19/h4-5,8-9,11H,6-7H2,1-3H3,(H,17,18)/b5-4+/t11-/m0/s1. The molecule has 0 unspecified atom stereocenters. The van der Waals surface area contributed by atoms with E-state index in [2.05, 4.69) is 5.32 Å². The Morgan fingerprint density at radius 1 is 1.22 bits per heavy atom. The predicted octanol–water partition coefficient (Wildman–Crippen LogP) is 1.16. The molecule has 0 bridgehead atoms. The van der Waals surface area contributed by atoms with Crippen molar-refractivity contribution in [3.63, 3.8) is 0 Å². The molecule has 124 valence electrons. The van der Waals surface area contributed by atoms with Crippen LogP contribution in [0.2, 0.25) is 0 Å². The first kappa shape index (κ1) is 16.7. The zero-order valence-electron chi connectivity index (χ0n) is 13.3. The number of benzene rings is 1. The molecule has 0 spiro atoms. The topological polar surface area (TPSA) is 83.1 Å². The molecule has 7 nitrogen and oxygen atoms in total. The fraction of sp³-hybridized carbons (Fsp3) is 0.375. The Bertz CT molecular complexity index is 600. The van der Waals surface area contributed by atoms with E-state index in [9.17, 15) is 9.59 Å². The fourth-order valence-electron chi connectivity index (χ4n) is 2.22. The van der Waals surface area contributed by atoms with Gasteiger partial charge < -0.3 is 24.3 Å². The predicted molar refractivity (Wildman–Crippen MR) is 82.6 cm³/mol. The van der Waals surface area contributed by atoms with Gasteiger partial charge in [0.15, 0.2) is 11.5 Å². The third kappa shape index (κ3) is 3.94. The van der Waals surface area contributed by atoms with Crippen LogP contribution in [0.25, 0.3) is 6.08 Å². The van der Waals surface area contributed by atoms with Crippen molar-refractivity contribution in [3.05, 3.63) is 23.8 Å². The molecule has 23 heavy (non-hydrogen) atoms. The van der Waals surface area contributed by atoms with Gasteiger partial charge in [-0.05, 0) is 23.8 Å². The van der Waals surface area contributed by atoms with E-state index in [0.717, 1.165) is 0 Å². The van der Waals surface area contributed by atoms with Crippen LogP contribution in [0.5, 0.6) is 17.2 Å². The molecule has 1 N–H and O–H groups in total. The molecule has 1 aromatic rings. The summed E-state index contributed by atoms with van der Waals surface area (Å²) in [7, 11) is 4.55. The molecule has 1 heterocycles. The third-order valence-corrected chi connectivity index (χ3v) is 3.37. The zero-order valence-corrected chi connectivity index (χ0v) is 13.3. The number of amides is 1. The van der Waals surface area contributed by atoms with Crippen molar-refractivity contribution >= 4 is 18.0 Å². The highest BCUT2D eigenvalue weighted by Gasteiger charge is 2.27. The molecule has 7 heteroatoms. The molecule has 2 rings (SSSR count). The second kappa shape index (κ2) is 7.53. The van der Waals surface area contributed by atoms with Gasteiger partial charge >= 0.3 is 5.97 Å². The lowest BCUT2D eigenvalue weighted by molar-refractivity contribution is -0.140. The van der Waals surface area contributed by atoms with Crippen LogP contribution in [0.4, 0.5) is 0 Å². The number of methoxy groups -OCH3 is 3. The van der Waals surface area contributed by atoms with Crippen LogP contribution in [0, 0.1) is 0 Å². The first-order valence-corrected chi connectivity index (χ1v) is 7.04. The smallest absolute Gasteiger partial charge is 0.328 e. The number of cyclic esters (lactones) is 1. The second-order valence-electron chi connectivity index (χ2n) is 4.81. The summed E-state index contributed by atoms with van der Waals surface area (Å²) in [6.07, 6.45) is 3.43. The summed E-state index contributed by atoms with van der Waals surface area (Å²) in [6, 6.07) is 2.86. The van der Waals surface area contributed by atoms with Crippen molar-refractivity contribution in [2.75, 3.05) is 27.9 Å². The number of ether oxygens (including phenoxy) is 4. The minimum absolute atomic E-state index is 0.334. The molecule has 0 saturated carbocycles. The van der Waals surface area contributed by atoms with Crippen LogP contribution in [-0.4, -0.2) is 45.9 Å². The minimum atomic E-state index is -0.577. The van der Waals surface area contributed by atoms with Crippen LogP contribution >= 0.6 is 0 Å². The molecule has 1 fully saturated rings. The highest BCUT2D eigenvalue weighted by molar-refractivity contribution is 5.95. The Morgan fingerprint density at radius 2 is 1.87 bits per heavy atom.